The minimum Gasteiger partial charge on any atom is -0.479 e. The van der Waals surface area contributed by atoms with Gasteiger partial charge in [0.2, 0.25) is 0 Å². The first-order valence-electron chi connectivity index (χ1n) is 5.57. The Labute approximate surface area is 100 Å². The quantitative estimate of drug-likeness (QED) is 0.819. The van der Waals surface area contributed by atoms with Crippen molar-refractivity contribution in [1.82, 2.24) is 0 Å². The number of hydrogen-bond donors (Lipinski definition) is 1. The van der Waals surface area contributed by atoms with E-state index < -0.39 is 12.1 Å². The maximum atomic E-state index is 11.0. The molecule has 0 amide bonds. The molecular weight excluding hydrogens is 218 g/mol. The number of carbonyl (C=O) groups is 1. The number of nitriles is 1. The maximum absolute atomic E-state index is 11.0. The third-order valence-electron chi connectivity index (χ3n) is 2.37. The van der Waals surface area contributed by atoms with Crippen LogP contribution in [0.3, 0.4) is 0 Å². The minimum atomic E-state index is -0.994. The molecule has 1 unspecified atom stereocenters. The Morgan fingerprint density at radius 3 is 2.82 bits per heavy atom. The molecule has 1 rings (SSSR count). The molecule has 17 heavy (non-hydrogen) atoms. The highest BCUT2D eigenvalue weighted by molar-refractivity contribution is 5.72. The smallest absolute Gasteiger partial charge is 0.344 e. The molecule has 0 aliphatic carbocycles. The standard InChI is InChI=1S/C13H15NO3/c1-2-3-7-12(13(15)16)17-11-8-5-4-6-10(11)9-14/h4-6,8,12H,2-3,7H2,1H3,(H,15,16). The van der Waals surface area contributed by atoms with E-state index in [-0.39, 0.29) is 0 Å². The molecule has 0 aliphatic heterocycles. The number of benzene rings is 1. The number of hydrogen-bond acceptors (Lipinski definition) is 3. The Kier molecular flexibility index (Phi) is 5.02. The normalized spacial score (nSPS) is 11.5. The van der Waals surface area contributed by atoms with Gasteiger partial charge < -0.3 is 9.84 Å². The van der Waals surface area contributed by atoms with Crippen LogP contribution in [0.5, 0.6) is 5.75 Å². The summed E-state index contributed by atoms with van der Waals surface area (Å²) in [5, 5.41) is 17.9. The molecule has 0 aromatic heterocycles. The van der Waals surface area contributed by atoms with E-state index in [2.05, 4.69) is 0 Å². The van der Waals surface area contributed by atoms with Crippen LogP contribution in [-0.2, 0) is 4.79 Å². The van der Waals surface area contributed by atoms with Gasteiger partial charge in [0, 0.05) is 0 Å². The van der Waals surface area contributed by atoms with E-state index >= 15 is 0 Å². The van der Waals surface area contributed by atoms with Crippen molar-refractivity contribution in [3.63, 3.8) is 0 Å². The van der Waals surface area contributed by atoms with Crippen LogP contribution in [0.25, 0.3) is 0 Å². The number of para-hydroxylation sites is 1. The number of carboxylic acids is 1. The second-order valence-electron chi connectivity index (χ2n) is 3.69. The number of carboxylic acid groups (broad SMARTS) is 1. The molecule has 0 aliphatic rings. The molecule has 1 atom stereocenters. The van der Waals surface area contributed by atoms with Gasteiger partial charge in [0.05, 0.1) is 5.56 Å². The van der Waals surface area contributed by atoms with Crippen molar-refractivity contribution in [1.29, 1.82) is 5.26 Å². The summed E-state index contributed by atoms with van der Waals surface area (Å²) in [6, 6.07) is 8.63. The molecule has 0 radical (unpaired) electrons. The zero-order valence-electron chi connectivity index (χ0n) is 9.72. The first kappa shape index (κ1) is 13.0. The van der Waals surface area contributed by atoms with Gasteiger partial charge in [-0.1, -0.05) is 25.5 Å². The van der Waals surface area contributed by atoms with Gasteiger partial charge in [-0.2, -0.15) is 5.26 Å². The zero-order valence-corrected chi connectivity index (χ0v) is 9.72. The SMILES string of the molecule is CCCCC(Oc1ccccc1C#N)C(=O)O. The summed E-state index contributed by atoms with van der Waals surface area (Å²) in [7, 11) is 0. The number of ether oxygens (including phenoxy) is 1. The van der Waals surface area contributed by atoms with Crippen LogP contribution in [0.4, 0.5) is 0 Å². The summed E-state index contributed by atoms with van der Waals surface area (Å²) in [6.07, 6.45) is 1.26. The van der Waals surface area contributed by atoms with Crippen molar-refractivity contribution < 1.29 is 14.6 Å². The number of aliphatic carboxylic acids is 1. The lowest BCUT2D eigenvalue weighted by molar-refractivity contribution is -0.145. The molecule has 4 heteroatoms. The summed E-state index contributed by atoms with van der Waals surface area (Å²) in [5.74, 6) is -0.662. The van der Waals surface area contributed by atoms with Gasteiger partial charge in [-0.25, -0.2) is 4.79 Å². The average Bonchev–Trinajstić information content (AvgIpc) is 2.34. The summed E-state index contributed by atoms with van der Waals surface area (Å²) in [4.78, 5) is 11.0. The molecule has 0 saturated heterocycles. The molecule has 0 spiro atoms. The van der Waals surface area contributed by atoms with Crippen molar-refractivity contribution in [3.8, 4) is 11.8 Å². The number of unbranched alkanes of at least 4 members (excludes halogenated alkanes) is 1. The Hall–Kier alpha value is -2.02. The predicted molar refractivity (Wildman–Crippen MR) is 62.7 cm³/mol. The Morgan fingerprint density at radius 2 is 2.24 bits per heavy atom. The lowest BCUT2D eigenvalue weighted by atomic mass is 10.1. The van der Waals surface area contributed by atoms with Crippen LogP contribution in [0.1, 0.15) is 31.7 Å². The topological polar surface area (TPSA) is 70.3 Å². The Bertz CT molecular complexity index is 423. The van der Waals surface area contributed by atoms with E-state index in [4.69, 9.17) is 15.1 Å². The van der Waals surface area contributed by atoms with Gasteiger partial charge in [-0.05, 0) is 25.0 Å². The van der Waals surface area contributed by atoms with Gasteiger partial charge in [-0.3, -0.25) is 0 Å². The monoisotopic (exact) mass is 233 g/mol. The van der Waals surface area contributed by atoms with Crippen LogP contribution >= 0.6 is 0 Å². The van der Waals surface area contributed by atoms with Gasteiger partial charge in [-0.15, -0.1) is 0 Å². The molecule has 1 aromatic rings. The van der Waals surface area contributed by atoms with Crippen molar-refractivity contribution in [2.75, 3.05) is 0 Å². The van der Waals surface area contributed by atoms with Crippen LogP contribution in [0.2, 0.25) is 0 Å². The molecule has 1 aromatic carbocycles. The van der Waals surface area contributed by atoms with Crippen molar-refractivity contribution in [2.45, 2.75) is 32.3 Å². The number of rotatable bonds is 6. The lowest BCUT2D eigenvalue weighted by Crippen LogP contribution is -2.27. The fourth-order valence-electron chi connectivity index (χ4n) is 1.44. The summed E-state index contributed by atoms with van der Waals surface area (Å²) in [6.45, 7) is 1.99. The van der Waals surface area contributed by atoms with E-state index in [1.54, 1.807) is 24.3 Å². The van der Waals surface area contributed by atoms with E-state index in [0.717, 1.165) is 12.8 Å². The Balaban J connectivity index is 2.79. The zero-order chi connectivity index (χ0) is 12.7. The maximum Gasteiger partial charge on any atom is 0.344 e. The second-order valence-corrected chi connectivity index (χ2v) is 3.69. The molecule has 0 saturated carbocycles. The van der Waals surface area contributed by atoms with E-state index in [9.17, 15) is 4.79 Å². The molecule has 0 fully saturated rings. The third kappa shape index (κ3) is 3.80. The van der Waals surface area contributed by atoms with E-state index in [0.29, 0.717) is 17.7 Å². The van der Waals surface area contributed by atoms with Gasteiger partial charge in [0.25, 0.3) is 0 Å². The fraction of sp³-hybridized carbons (Fsp3) is 0.385. The molecule has 90 valence electrons. The summed E-state index contributed by atoms with van der Waals surface area (Å²) < 4.78 is 5.38. The van der Waals surface area contributed by atoms with Crippen LogP contribution in [0.15, 0.2) is 24.3 Å². The van der Waals surface area contributed by atoms with Crippen molar-refractivity contribution >= 4 is 5.97 Å². The minimum absolute atomic E-state index is 0.332. The van der Waals surface area contributed by atoms with Gasteiger partial charge in [0.1, 0.15) is 11.8 Å². The first-order valence-corrected chi connectivity index (χ1v) is 5.57. The van der Waals surface area contributed by atoms with Crippen molar-refractivity contribution in [2.24, 2.45) is 0 Å². The fourth-order valence-corrected chi connectivity index (χ4v) is 1.44. The predicted octanol–water partition coefficient (Wildman–Crippen LogP) is 2.58. The van der Waals surface area contributed by atoms with E-state index in [1.165, 1.54) is 0 Å². The average molecular weight is 233 g/mol. The van der Waals surface area contributed by atoms with Crippen LogP contribution < -0.4 is 4.74 Å². The second kappa shape index (κ2) is 6.54. The first-order chi connectivity index (χ1) is 8.19. The molecule has 1 N–H and O–H groups in total. The molecule has 4 nitrogen and oxygen atoms in total. The highest BCUT2D eigenvalue weighted by atomic mass is 16.5. The van der Waals surface area contributed by atoms with Crippen LogP contribution in [0, 0.1) is 11.3 Å². The molecular formula is C13H15NO3. The summed E-state index contributed by atoms with van der Waals surface area (Å²) in [5.41, 5.74) is 0.357. The number of nitrogens with zero attached hydrogens (tertiary/aromatic N) is 1. The van der Waals surface area contributed by atoms with Gasteiger partial charge >= 0.3 is 5.97 Å². The summed E-state index contributed by atoms with van der Waals surface area (Å²) >= 11 is 0. The largest absolute Gasteiger partial charge is 0.479 e. The highest BCUT2D eigenvalue weighted by Crippen LogP contribution is 2.19. The highest BCUT2D eigenvalue weighted by Gasteiger charge is 2.19. The Morgan fingerprint density at radius 1 is 1.53 bits per heavy atom. The third-order valence-corrected chi connectivity index (χ3v) is 2.37. The van der Waals surface area contributed by atoms with Gasteiger partial charge in [0.15, 0.2) is 6.10 Å². The molecule has 0 bridgehead atoms. The van der Waals surface area contributed by atoms with Crippen LogP contribution in [-0.4, -0.2) is 17.2 Å². The van der Waals surface area contributed by atoms with E-state index in [1.807, 2.05) is 13.0 Å². The van der Waals surface area contributed by atoms with Crippen molar-refractivity contribution in [3.05, 3.63) is 29.8 Å². The lowest BCUT2D eigenvalue weighted by Gasteiger charge is -2.15. The molecule has 0 heterocycles.